The lowest BCUT2D eigenvalue weighted by Gasteiger charge is -2.15. The predicted molar refractivity (Wildman–Crippen MR) is 97.2 cm³/mol. The average molecular weight is 362 g/mol. The number of hydrogen-bond donors (Lipinski definition) is 2. The summed E-state index contributed by atoms with van der Waals surface area (Å²) in [6.45, 7) is 5.27. The summed E-state index contributed by atoms with van der Waals surface area (Å²) < 4.78 is 32.3. The van der Waals surface area contributed by atoms with Gasteiger partial charge in [0.15, 0.2) is 0 Å². The minimum Gasteiger partial charge on any atom is -0.489 e. The number of amides is 1. The van der Waals surface area contributed by atoms with Crippen LogP contribution in [0.5, 0.6) is 5.75 Å². The number of aryl methyl sites for hydroxylation is 1. The van der Waals surface area contributed by atoms with E-state index in [2.05, 4.69) is 10.0 Å². The first-order valence-corrected chi connectivity index (χ1v) is 9.38. The zero-order chi connectivity index (χ0) is 18.4. The molecule has 1 amide bonds. The van der Waals surface area contributed by atoms with Gasteiger partial charge in [-0.2, -0.15) is 0 Å². The molecule has 0 saturated carbocycles. The van der Waals surface area contributed by atoms with Crippen LogP contribution in [0.3, 0.4) is 0 Å². The van der Waals surface area contributed by atoms with Crippen molar-refractivity contribution < 1.29 is 17.9 Å². The van der Waals surface area contributed by atoms with Crippen LogP contribution in [-0.2, 0) is 14.8 Å². The number of sulfonamides is 1. The Bertz CT molecular complexity index is 830. The molecule has 0 bridgehead atoms. The van der Waals surface area contributed by atoms with Crippen molar-refractivity contribution >= 4 is 21.6 Å². The number of rotatable bonds is 7. The third kappa shape index (κ3) is 5.58. The maximum atomic E-state index is 12.2. The monoisotopic (exact) mass is 362 g/mol. The van der Waals surface area contributed by atoms with Gasteiger partial charge < -0.3 is 10.1 Å². The fourth-order valence-corrected chi connectivity index (χ4v) is 3.06. The van der Waals surface area contributed by atoms with Crippen LogP contribution in [0.4, 0.5) is 5.69 Å². The van der Waals surface area contributed by atoms with Crippen LogP contribution >= 0.6 is 0 Å². The molecule has 25 heavy (non-hydrogen) atoms. The van der Waals surface area contributed by atoms with E-state index < -0.39 is 15.9 Å². The number of ether oxygens (including phenoxy) is 1. The standard InChI is InChI=1S/C18H22N2O4S/c1-13(2)24-17-7-5-4-6-16(17)20-18(21)12-19-25(22,23)15-10-8-14(3)9-11-15/h4-11,13,19H,12H2,1-3H3,(H,20,21). The van der Waals surface area contributed by atoms with Crippen LogP contribution < -0.4 is 14.8 Å². The Morgan fingerprint density at radius 3 is 2.36 bits per heavy atom. The second-order valence-electron chi connectivity index (χ2n) is 5.85. The third-order valence-electron chi connectivity index (χ3n) is 3.28. The van der Waals surface area contributed by atoms with E-state index in [0.29, 0.717) is 11.4 Å². The molecule has 0 aromatic heterocycles. The van der Waals surface area contributed by atoms with Crippen molar-refractivity contribution in [1.82, 2.24) is 4.72 Å². The highest BCUT2D eigenvalue weighted by Crippen LogP contribution is 2.24. The minimum absolute atomic E-state index is 0.0434. The number of para-hydroxylation sites is 2. The lowest BCUT2D eigenvalue weighted by Crippen LogP contribution is -2.33. The SMILES string of the molecule is Cc1ccc(S(=O)(=O)NCC(=O)Nc2ccccc2OC(C)C)cc1. The third-order valence-corrected chi connectivity index (χ3v) is 4.69. The quantitative estimate of drug-likeness (QED) is 0.793. The van der Waals surface area contributed by atoms with E-state index in [9.17, 15) is 13.2 Å². The molecule has 2 rings (SSSR count). The summed E-state index contributed by atoms with van der Waals surface area (Å²) in [4.78, 5) is 12.2. The van der Waals surface area contributed by atoms with Gasteiger partial charge in [-0.1, -0.05) is 29.8 Å². The van der Waals surface area contributed by atoms with Gasteiger partial charge in [0.25, 0.3) is 0 Å². The van der Waals surface area contributed by atoms with Crippen LogP contribution in [0.15, 0.2) is 53.4 Å². The molecule has 0 fully saturated rings. The van der Waals surface area contributed by atoms with Crippen molar-refractivity contribution in [1.29, 1.82) is 0 Å². The van der Waals surface area contributed by atoms with E-state index in [0.717, 1.165) is 5.56 Å². The first kappa shape index (κ1) is 19.0. The summed E-state index contributed by atoms with van der Waals surface area (Å²) in [5, 5.41) is 2.66. The maximum Gasteiger partial charge on any atom is 0.241 e. The summed E-state index contributed by atoms with van der Waals surface area (Å²) in [7, 11) is -3.74. The molecule has 0 aliphatic rings. The first-order chi connectivity index (χ1) is 11.8. The lowest BCUT2D eigenvalue weighted by atomic mass is 10.2. The van der Waals surface area contributed by atoms with Crippen molar-refractivity contribution in [3.8, 4) is 5.75 Å². The number of anilines is 1. The molecule has 2 aromatic rings. The van der Waals surface area contributed by atoms with Crippen LogP contribution in [-0.4, -0.2) is 27.0 Å². The van der Waals surface area contributed by atoms with Crippen molar-refractivity contribution in [3.05, 3.63) is 54.1 Å². The predicted octanol–water partition coefficient (Wildman–Crippen LogP) is 2.70. The van der Waals surface area contributed by atoms with Crippen LogP contribution in [0, 0.1) is 6.92 Å². The van der Waals surface area contributed by atoms with Gasteiger partial charge in [0.05, 0.1) is 23.2 Å². The van der Waals surface area contributed by atoms with Crippen LogP contribution in [0.2, 0.25) is 0 Å². The molecular weight excluding hydrogens is 340 g/mol. The van der Waals surface area contributed by atoms with Crippen molar-refractivity contribution in [2.45, 2.75) is 31.8 Å². The smallest absolute Gasteiger partial charge is 0.241 e. The Hall–Kier alpha value is -2.38. The fraction of sp³-hybridized carbons (Fsp3) is 0.278. The van der Waals surface area contributed by atoms with Gasteiger partial charge in [0.1, 0.15) is 5.75 Å². The molecule has 0 aliphatic heterocycles. The summed E-state index contributed by atoms with van der Waals surface area (Å²) in [6.07, 6.45) is -0.0434. The summed E-state index contributed by atoms with van der Waals surface area (Å²) in [6, 6.07) is 13.4. The van der Waals surface area contributed by atoms with Gasteiger partial charge in [0.2, 0.25) is 15.9 Å². The molecule has 6 nitrogen and oxygen atoms in total. The molecule has 0 aliphatic carbocycles. The molecule has 7 heteroatoms. The van der Waals surface area contributed by atoms with E-state index in [1.54, 1.807) is 36.4 Å². The lowest BCUT2D eigenvalue weighted by molar-refractivity contribution is -0.115. The van der Waals surface area contributed by atoms with Gasteiger partial charge in [0, 0.05) is 0 Å². The number of benzene rings is 2. The molecule has 134 valence electrons. The van der Waals surface area contributed by atoms with Crippen molar-refractivity contribution in [2.24, 2.45) is 0 Å². The van der Waals surface area contributed by atoms with Gasteiger partial charge in [-0.3, -0.25) is 4.79 Å². The summed E-state index contributed by atoms with van der Waals surface area (Å²) >= 11 is 0. The average Bonchev–Trinajstić information content (AvgIpc) is 2.55. The number of carbonyl (C=O) groups is 1. The number of nitrogens with one attached hydrogen (secondary N) is 2. The van der Waals surface area contributed by atoms with E-state index in [-0.39, 0.29) is 17.5 Å². The zero-order valence-electron chi connectivity index (χ0n) is 14.4. The maximum absolute atomic E-state index is 12.2. The molecular formula is C18H22N2O4S. The second kappa shape index (κ2) is 8.13. The van der Waals surface area contributed by atoms with E-state index >= 15 is 0 Å². The topological polar surface area (TPSA) is 84.5 Å². The Morgan fingerprint density at radius 1 is 1.08 bits per heavy atom. The number of hydrogen-bond acceptors (Lipinski definition) is 4. The van der Waals surface area contributed by atoms with Crippen molar-refractivity contribution in [3.63, 3.8) is 0 Å². The zero-order valence-corrected chi connectivity index (χ0v) is 15.3. The Balaban J connectivity index is 2.00. The van der Waals surface area contributed by atoms with Gasteiger partial charge in [-0.05, 0) is 45.0 Å². The number of carbonyl (C=O) groups excluding carboxylic acids is 1. The van der Waals surface area contributed by atoms with Crippen molar-refractivity contribution in [2.75, 3.05) is 11.9 Å². The Labute approximate surface area is 148 Å². The molecule has 0 atom stereocenters. The van der Waals surface area contributed by atoms with E-state index in [1.165, 1.54) is 12.1 Å². The highest BCUT2D eigenvalue weighted by Gasteiger charge is 2.16. The van der Waals surface area contributed by atoms with E-state index in [1.807, 2.05) is 20.8 Å². The summed E-state index contributed by atoms with van der Waals surface area (Å²) in [5.41, 5.74) is 1.45. The Morgan fingerprint density at radius 2 is 1.72 bits per heavy atom. The molecule has 0 unspecified atom stereocenters. The minimum atomic E-state index is -3.74. The highest BCUT2D eigenvalue weighted by atomic mass is 32.2. The van der Waals surface area contributed by atoms with Gasteiger partial charge in [-0.25, -0.2) is 13.1 Å². The van der Waals surface area contributed by atoms with Gasteiger partial charge >= 0.3 is 0 Å². The van der Waals surface area contributed by atoms with E-state index in [4.69, 9.17) is 4.74 Å². The van der Waals surface area contributed by atoms with Gasteiger partial charge in [-0.15, -0.1) is 0 Å². The molecule has 2 aromatic carbocycles. The second-order valence-corrected chi connectivity index (χ2v) is 7.62. The van der Waals surface area contributed by atoms with Crippen LogP contribution in [0.25, 0.3) is 0 Å². The Kier molecular flexibility index (Phi) is 6.17. The highest BCUT2D eigenvalue weighted by molar-refractivity contribution is 7.89. The fourth-order valence-electron chi connectivity index (χ4n) is 2.08. The largest absolute Gasteiger partial charge is 0.489 e. The molecule has 0 heterocycles. The summed E-state index contributed by atoms with van der Waals surface area (Å²) in [5.74, 6) is 0.0581. The normalized spacial score (nSPS) is 11.4. The van der Waals surface area contributed by atoms with Crippen LogP contribution in [0.1, 0.15) is 19.4 Å². The molecule has 0 spiro atoms. The first-order valence-electron chi connectivity index (χ1n) is 7.90. The molecule has 2 N–H and O–H groups in total. The molecule has 0 radical (unpaired) electrons. The molecule has 0 saturated heterocycles.